The molecule has 4 nitrogen and oxygen atoms in total. The minimum Gasteiger partial charge on any atom is -0.478 e. The number of carboxylic acid groups (broad SMARTS) is 1. The Balaban J connectivity index is 1.97. The van der Waals surface area contributed by atoms with Gasteiger partial charge in [-0.05, 0) is 54.3 Å². The largest absolute Gasteiger partial charge is 0.478 e. The van der Waals surface area contributed by atoms with Crippen molar-refractivity contribution in [2.75, 3.05) is 0 Å². The van der Waals surface area contributed by atoms with E-state index in [0.29, 0.717) is 12.3 Å². The van der Waals surface area contributed by atoms with E-state index >= 15 is 0 Å². The van der Waals surface area contributed by atoms with Crippen molar-refractivity contribution in [3.8, 4) is 0 Å². The molecule has 0 aromatic rings. The zero-order valence-electron chi connectivity index (χ0n) is 15.2. The molecule has 3 rings (SSSR count). The highest BCUT2D eigenvalue weighted by molar-refractivity contribution is 5.85. The maximum absolute atomic E-state index is 13.0. The van der Waals surface area contributed by atoms with E-state index in [1.165, 1.54) is 6.08 Å². The van der Waals surface area contributed by atoms with Crippen LogP contribution in [0.4, 0.5) is 0 Å². The summed E-state index contributed by atoms with van der Waals surface area (Å²) in [4.78, 5) is 24.1. The molecular weight excluding hydrogens is 304 g/mol. The van der Waals surface area contributed by atoms with Crippen LogP contribution in [0.5, 0.6) is 0 Å². The monoisotopic (exact) mass is 334 g/mol. The van der Waals surface area contributed by atoms with Gasteiger partial charge in [-0.1, -0.05) is 33.3 Å². The normalized spacial score (nSPS) is 46.3. The summed E-state index contributed by atoms with van der Waals surface area (Å²) in [5.41, 5.74) is 0.729. The third-order valence-corrected chi connectivity index (χ3v) is 7.74. The predicted octanol–water partition coefficient (Wildman–Crippen LogP) is 3.44. The van der Waals surface area contributed by atoms with E-state index in [1.807, 2.05) is 6.92 Å². The summed E-state index contributed by atoms with van der Waals surface area (Å²) in [7, 11) is 0. The molecule has 3 aliphatic carbocycles. The number of carboxylic acids is 1. The number of allylic oxidation sites excluding steroid dienone is 1. The van der Waals surface area contributed by atoms with Crippen LogP contribution < -0.4 is 0 Å². The zero-order valence-corrected chi connectivity index (χ0v) is 15.2. The molecule has 3 saturated carbocycles. The fourth-order valence-corrected chi connectivity index (χ4v) is 6.27. The van der Waals surface area contributed by atoms with E-state index in [2.05, 4.69) is 20.8 Å². The first kappa shape index (κ1) is 17.7. The number of fused-ring (bicyclic) bond motifs is 3. The molecule has 0 aromatic carbocycles. The van der Waals surface area contributed by atoms with E-state index in [1.54, 1.807) is 0 Å². The fraction of sp³-hybridized carbons (Fsp3) is 0.800. The van der Waals surface area contributed by atoms with Gasteiger partial charge in [0, 0.05) is 18.4 Å². The molecule has 3 fully saturated rings. The molecule has 0 amide bonds. The van der Waals surface area contributed by atoms with Gasteiger partial charge >= 0.3 is 5.97 Å². The second-order valence-corrected chi connectivity index (χ2v) is 9.12. The molecule has 1 unspecified atom stereocenters. The van der Waals surface area contributed by atoms with Crippen molar-refractivity contribution in [1.82, 2.24) is 0 Å². The highest BCUT2D eigenvalue weighted by atomic mass is 16.4. The standard InChI is InChI=1S/C20H30O4/c1-11-12(9-17(23)24)5-6-13-18(11)14(21)10-15-19(2,3)16(22)7-8-20(13,15)4/h9,11,13,15-16,18,22H,5-8,10H2,1-4H3,(H,23,24)/b12-9-/t11-,13?,15-,16-,18-,20+/m0/s1. The van der Waals surface area contributed by atoms with Crippen molar-refractivity contribution in [2.24, 2.45) is 34.5 Å². The number of aliphatic hydroxyl groups excluding tert-OH is 1. The zero-order chi connectivity index (χ0) is 17.9. The second-order valence-electron chi connectivity index (χ2n) is 9.12. The molecule has 4 heteroatoms. The van der Waals surface area contributed by atoms with Crippen molar-refractivity contribution in [2.45, 2.75) is 65.9 Å². The molecule has 0 aromatic heterocycles. The van der Waals surface area contributed by atoms with Crippen molar-refractivity contribution in [3.63, 3.8) is 0 Å². The number of carbonyl (C=O) groups excluding carboxylic acids is 1. The molecule has 2 N–H and O–H groups in total. The summed E-state index contributed by atoms with van der Waals surface area (Å²) in [6.45, 7) is 8.55. The molecule has 0 radical (unpaired) electrons. The third kappa shape index (κ3) is 2.45. The van der Waals surface area contributed by atoms with E-state index in [4.69, 9.17) is 5.11 Å². The minimum atomic E-state index is -0.912. The van der Waals surface area contributed by atoms with Gasteiger partial charge in [0.15, 0.2) is 0 Å². The lowest BCUT2D eigenvalue weighted by atomic mass is 9.42. The number of rotatable bonds is 1. The Morgan fingerprint density at radius 3 is 2.54 bits per heavy atom. The number of ketones is 1. The van der Waals surface area contributed by atoms with Gasteiger partial charge in [-0.3, -0.25) is 4.79 Å². The fourth-order valence-electron chi connectivity index (χ4n) is 6.27. The van der Waals surface area contributed by atoms with Gasteiger partial charge in [-0.15, -0.1) is 0 Å². The van der Waals surface area contributed by atoms with Crippen molar-refractivity contribution >= 4 is 11.8 Å². The Morgan fingerprint density at radius 2 is 1.92 bits per heavy atom. The van der Waals surface area contributed by atoms with Gasteiger partial charge in [-0.2, -0.15) is 0 Å². The van der Waals surface area contributed by atoms with Crippen LogP contribution >= 0.6 is 0 Å². The van der Waals surface area contributed by atoms with Crippen LogP contribution in [0.3, 0.4) is 0 Å². The number of carbonyl (C=O) groups is 2. The van der Waals surface area contributed by atoms with Crippen molar-refractivity contribution < 1.29 is 19.8 Å². The quantitative estimate of drug-likeness (QED) is 0.720. The predicted molar refractivity (Wildman–Crippen MR) is 91.3 cm³/mol. The highest BCUT2D eigenvalue weighted by Crippen LogP contribution is 2.63. The van der Waals surface area contributed by atoms with E-state index in [9.17, 15) is 14.7 Å². The lowest BCUT2D eigenvalue weighted by Crippen LogP contribution is -2.60. The number of hydrogen-bond donors (Lipinski definition) is 2. The average Bonchev–Trinajstić information content (AvgIpc) is 2.48. The number of aliphatic carboxylic acids is 1. The molecule has 0 aliphatic heterocycles. The lowest BCUT2D eigenvalue weighted by molar-refractivity contribution is -0.172. The molecule has 0 saturated heterocycles. The molecule has 0 heterocycles. The van der Waals surface area contributed by atoms with Crippen LogP contribution in [0.2, 0.25) is 0 Å². The van der Waals surface area contributed by atoms with E-state index < -0.39 is 5.97 Å². The minimum absolute atomic E-state index is 0.0140. The summed E-state index contributed by atoms with van der Waals surface area (Å²) in [5.74, 6) is -0.175. The van der Waals surface area contributed by atoms with Crippen molar-refractivity contribution in [1.29, 1.82) is 0 Å². The van der Waals surface area contributed by atoms with Crippen LogP contribution in [0.1, 0.15) is 59.8 Å². The topological polar surface area (TPSA) is 74.6 Å². The van der Waals surface area contributed by atoms with E-state index in [0.717, 1.165) is 31.3 Å². The Kier molecular flexibility index (Phi) is 4.18. The number of Topliss-reactive ketones (excluding diaryl/α,β-unsaturated/α-hetero) is 1. The summed E-state index contributed by atoms with van der Waals surface area (Å²) in [6, 6.07) is 0. The van der Waals surface area contributed by atoms with Gasteiger partial charge < -0.3 is 10.2 Å². The first-order valence-corrected chi connectivity index (χ1v) is 9.23. The molecule has 24 heavy (non-hydrogen) atoms. The van der Waals surface area contributed by atoms with Gasteiger partial charge in [-0.25, -0.2) is 4.79 Å². The summed E-state index contributed by atoms with van der Waals surface area (Å²) in [5, 5.41) is 19.6. The summed E-state index contributed by atoms with van der Waals surface area (Å²) in [6.07, 6.45) is 4.91. The van der Waals surface area contributed by atoms with Gasteiger partial charge in [0.2, 0.25) is 0 Å². The Morgan fingerprint density at radius 1 is 1.25 bits per heavy atom. The van der Waals surface area contributed by atoms with Gasteiger partial charge in [0.05, 0.1) is 6.10 Å². The highest BCUT2D eigenvalue weighted by Gasteiger charge is 2.61. The number of hydrogen-bond acceptors (Lipinski definition) is 3. The van der Waals surface area contributed by atoms with Crippen LogP contribution in [0, 0.1) is 34.5 Å². The van der Waals surface area contributed by atoms with Crippen molar-refractivity contribution in [3.05, 3.63) is 11.6 Å². The van der Waals surface area contributed by atoms with Crippen LogP contribution in [0.15, 0.2) is 11.6 Å². The molecule has 0 bridgehead atoms. The Labute approximate surface area is 144 Å². The Hall–Kier alpha value is -1.16. The van der Waals surface area contributed by atoms with E-state index in [-0.39, 0.29) is 40.5 Å². The molecule has 3 aliphatic rings. The van der Waals surface area contributed by atoms with Crippen LogP contribution in [-0.2, 0) is 9.59 Å². The Bertz CT molecular complexity index is 590. The second kappa shape index (κ2) is 5.69. The number of aliphatic hydroxyl groups is 1. The first-order valence-electron chi connectivity index (χ1n) is 9.23. The third-order valence-electron chi connectivity index (χ3n) is 7.74. The summed E-state index contributed by atoms with van der Waals surface area (Å²) < 4.78 is 0. The van der Waals surface area contributed by atoms with Crippen LogP contribution in [0.25, 0.3) is 0 Å². The molecular formula is C20H30O4. The maximum atomic E-state index is 13.0. The molecule has 6 atom stereocenters. The van der Waals surface area contributed by atoms with Crippen LogP contribution in [-0.4, -0.2) is 28.1 Å². The first-order chi connectivity index (χ1) is 11.1. The SMILES string of the molecule is C[C@H]1/C(=C\C(=O)O)CCC2[C@H]1C(=O)C[C@H]1C(C)(C)[C@@H](O)CC[C@]21C. The van der Waals surface area contributed by atoms with Gasteiger partial charge in [0.25, 0.3) is 0 Å². The van der Waals surface area contributed by atoms with Gasteiger partial charge in [0.1, 0.15) is 5.78 Å². The maximum Gasteiger partial charge on any atom is 0.328 e. The summed E-state index contributed by atoms with van der Waals surface area (Å²) >= 11 is 0. The smallest absolute Gasteiger partial charge is 0.328 e. The average molecular weight is 334 g/mol. The molecule has 134 valence electrons. The molecule has 0 spiro atoms. The lowest BCUT2D eigenvalue weighted by Gasteiger charge is -2.62.